The summed E-state index contributed by atoms with van der Waals surface area (Å²) >= 11 is 0. The number of aromatic nitrogens is 2. The van der Waals surface area contributed by atoms with Crippen molar-refractivity contribution in [1.29, 1.82) is 0 Å². The van der Waals surface area contributed by atoms with Gasteiger partial charge in [0.15, 0.2) is 0 Å². The second kappa shape index (κ2) is 6.05. The number of para-hydroxylation sites is 1. The van der Waals surface area contributed by atoms with Gasteiger partial charge in [-0.1, -0.05) is 26.0 Å². The number of hydrogen-bond acceptors (Lipinski definition) is 5. The normalized spacial score (nSPS) is 11.8. The average molecular weight is 274 g/mol. The van der Waals surface area contributed by atoms with Gasteiger partial charge in [-0.05, 0) is 25.0 Å². The van der Waals surface area contributed by atoms with Gasteiger partial charge in [0.05, 0.1) is 12.1 Å². The van der Waals surface area contributed by atoms with Crippen LogP contribution in [0.1, 0.15) is 26.7 Å². The first kappa shape index (κ1) is 14.5. The molecule has 0 aliphatic carbocycles. The zero-order valence-electron chi connectivity index (χ0n) is 12.1. The zero-order valence-corrected chi connectivity index (χ0v) is 12.1. The molecule has 20 heavy (non-hydrogen) atoms. The highest BCUT2D eigenvalue weighted by molar-refractivity contribution is 5.89. The number of hydrogen-bond donors (Lipinski definition) is 3. The number of nitrogen functional groups attached to an aromatic ring is 1. The lowest BCUT2D eigenvalue weighted by Gasteiger charge is -2.29. The second-order valence-electron chi connectivity index (χ2n) is 5.17. The molecule has 0 aliphatic rings. The van der Waals surface area contributed by atoms with Crippen molar-refractivity contribution < 1.29 is 5.11 Å². The molecule has 0 bridgehead atoms. The van der Waals surface area contributed by atoms with Crippen molar-refractivity contribution in [2.24, 2.45) is 5.41 Å². The van der Waals surface area contributed by atoms with E-state index in [-0.39, 0.29) is 18.0 Å². The monoisotopic (exact) mass is 274 g/mol. The Kier molecular flexibility index (Phi) is 4.39. The van der Waals surface area contributed by atoms with Crippen LogP contribution in [-0.4, -0.2) is 28.2 Å². The van der Waals surface area contributed by atoms with E-state index in [0.717, 1.165) is 29.6 Å². The highest BCUT2D eigenvalue weighted by atomic mass is 16.3. The number of anilines is 2. The third-order valence-electron chi connectivity index (χ3n) is 4.09. The van der Waals surface area contributed by atoms with E-state index in [2.05, 4.69) is 29.1 Å². The predicted octanol–water partition coefficient (Wildman–Crippen LogP) is 2.42. The fourth-order valence-corrected chi connectivity index (χ4v) is 2.28. The van der Waals surface area contributed by atoms with Gasteiger partial charge < -0.3 is 16.2 Å². The number of aliphatic hydroxyl groups is 1. The van der Waals surface area contributed by atoms with Crippen molar-refractivity contribution >= 4 is 22.7 Å². The predicted molar refractivity (Wildman–Crippen MR) is 82.5 cm³/mol. The van der Waals surface area contributed by atoms with E-state index in [1.54, 1.807) is 0 Å². The van der Waals surface area contributed by atoms with E-state index >= 15 is 0 Å². The Labute approximate surface area is 119 Å². The van der Waals surface area contributed by atoms with E-state index < -0.39 is 0 Å². The summed E-state index contributed by atoms with van der Waals surface area (Å²) in [5.41, 5.74) is 6.45. The first-order valence-corrected chi connectivity index (χ1v) is 7.01. The van der Waals surface area contributed by atoms with Gasteiger partial charge >= 0.3 is 0 Å². The summed E-state index contributed by atoms with van der Waals surface area (Å²) in [5, 5.41) is 13.9. The maximum absolute atomic E-state index is 9.62. The molecule has 0 saturated heterocycles. The minimum atomic E-state index is -0.124. The summed E-state index contributed by atoms with van der Waals surface area (Å²) in [7, 11) is 0. The van der Waals surface area contributed by atoms with Gasteiger partial charge in [-0.3, -0.25) is 0 Å². The van der Waals surface area contributed by atoms with Crippen molar-refractivity contribution in [3.8, 4) is 0 Å². The molecule has 0 aliphatic heterocycles. The zero-order chi connectivity index (χ0) is 14.6. The van der Waals surface area contributed by atoms with E-state index in [0.29, 0.717) is 6.54 Å². The second-order valence-corrected chi connectivity index (χ2v) is 5.17. The van der Waals surface area contributed by atoms with Crippen LogP contribution in [0.2, 0.25) is 0 Å². The molecule has 0 unspecified atom stereocenters. The van der Waals surface area contributed by atoms with E-state index in [4.69, 9.17) is 5.73 Å². The molecular formula is C15H22N4O. The molecule has 1 aromatic carbocycles. The number of nitrogens with two attached hydrogens (primary N) is 1. The minimum absolute atomic E-state index is 0.124. The average Bonchev–Trinajstić information content (AvgIpc) is 2.49. The van der Waals surface area contributed by atoms with Gasteiger partial charge in [0.25, 0.3) is 0 Å². The molecule has 0 amide bonds. The van der Waals surface area contributed by atoms with Crippen molar-refractivity contribution in [1.82, 2.24) is 9.97 Å². The Bertz CT molecular complexity index is 573. The van der Waals surface area contributed by atoms with Crippen molar-refractivity contribution in [2.45, 2.75) is 26.7 Å². The quantitative estimate of drug-likeness (QED) is 0.753. The Hall–Kier alpha value is -1.88. The molecule has 0 radical (unpaired) electrons. The number of aliphatic hydroxyl groups excluding tert-OH is 1. The Morgan fingerprint density at radius 2 is 1.90 bits per heavy atom. The molecule has 0 saturated carbocycles. The van der Waals surface area contributed by atoms with E-state index in [1.165, 1.54) is 0 Å². The molecule has 5 nitrogen and oxygen atoms in total. The summed E-state index contributed by atoms with van der Waals surface area (Å²) in [6.45, 7) is 5.00. The largest absolute Gasteiger partial charge is 0.396 e. The summed E-state index contributed by atoms with van der Waals surface area (Å²) in [5.74, 6) is 0.988. The SMILES string of the molecule is CCC(CC)(CO)CNc1nc(N)nc2ccccc12. The highest BCUT2D eigenvalue weighted by Crippen LogP contribution is 2.27. The smallest absolute Gasteiger partial charge is 0.222 e. The molecule has 4 N–H and O–H groups in total. The number of benzene rings is 1. The third kappa shape index (κ3) is 2.82. The van der Waals surface area contributed by atoms with Crippen LogP contribution < -0.4 is 11.1 Å². The lowest BCUT2D eigenvalue weighted by Crippen LogP contribution is -2.32. The molecule has 1 aromatic heterocycles. The van der Waals surface area contributed by atoms with Gasteiger partial charge in [-0.15, -0.1) is 0 Å². The Morgan fingerprint density at radius 1 is 1.20 bits per heavy atom. The number of fused-ring (bicyclic) bond motifs is 1. The lowest BCUT2D eigenvalue weighted by molar-refractivity contribution is 0.127. The highest BCUT2D eigenvalue weighted by Gasteiger charge is 2.25. The van der Waals surface area contributed by atoms with Crippen molar-refractivity contribution in [3.63, 3.8) is 0 Å². The van der Waals surface area contributed by atoms with Gasteiger partial charge in [-0.25, -0.2) is 4.98 Å². The molecule has 5 heteroatoms. The Morgan fingerprint density at radius 3 is 2.55 bits per heavy atom. The number of nitrogens with one attached hydrogen (secondary N) is 1. The maximum atomic E-state index is 9.62. The van der Waals surface area contributed by atoms with Crippen LogP contribution in [0.4, 0.5) is 11.8 Å². The fraction of sp³-hybridized carbons (Fsp3) is 0.467. The minimum Gasteiger partial charge on any atom is -0.396 e. The van der Waals surface area contributed by atoms with Crippen LogP contribution in [0.15, 0.2) is 24.3 Å². The number of rotatable bonds is 6. The lowest BCUT2D eigenvalue weighted by atomic mass is 9.83. The molecule has 2 aromatic rings. The van der Waals surface area contributed by atoms with Gasteiger partial charge in [-0.2, -0.15) is 4.98 Å². The molecular weight excluding hydrogens is 252 g/mol. The van der Waals surface area contributed by atoms with E-state index in [9.17, 15) is 5.11 Å². The van der Waals surface area contributed by atoms with Crippen LogP contribution in [-0.2, 0) is 0 Å². The molecule has 1 heterocycles. The third-order valence-corrected chi connectivity index (χ3v) is 4.09. The molecule has 2 rings (SSSR count). The summed E-state index contributed by atoms with van der Waals surface area (Å²) in [6, 6.07) is 7.76. The van der Waals surface area contributed by atoms with E-state index in [1.807, 2.05) is 24.3 Å². The summed E-state index contributed by atoms with van der Waals surface area (Å²) in [4.78, 5) is 8.50. The molecule has 0 fully saturated rings. The number of nitrogens with zero attached hydrogens (tertiary/aromatic N) is 2. The van der Waals surface area contributed by atoms with Gasteiger partial charge in [0, 0.05) is 17.3 Å². The van der Waals surface area contributed by atoms with Gasteiger partial charge in [0.1, 0.15) is 5.82 Å². The molecule has 0 atom stereocenters. The van der Waals surface area contributed by atoms with Gasteiger partial charge in [0.2, 0.25) is 5.95 Å². The van der Waals surface area contributed by atoms with Crippen LogP contribution in [0.5, 0.6) is 0 Å². The van der Waals surface area contributed by atoms with Crippen LogP contribution in [0.25, 0.3) is 10.9 Å². The fourth-order valence-electron chi connectivity index (χ4n) is 2.28. The van der Waals surface area contributed by atoms with Crippen LogP contribution >= 0.6 is 0 Å². The van der Waals surface area contributed by atoms with Crippen LogP contribution in [0.3, 0.4) is 0 Å². The summed E-state index contributed by atoms with van der Waals surface area (Å²) in [6.07, 6.45) is 1.82. The molecule has 108 valence electrons. The molecule has 0 spiro atoms. The van der Waals surface area contributed by atoms with Crippen molar-refractivity contribution in [2.75, 3.05) is 24.2 Å². The Balaban J connectivity index is 2.30. The van der Waals surface area contributed by atoms with Crippen molar-refractivity contribution in [3.05, 3.63) is 24.3 Å². The topological polar surface area (TPSA) is 84.1 Å². The van der Waals surface area contributed by atoms with Crippen LogP contribution in [0, 0.1) is 5.41 Å². The first-order chi connectivity index (χ1) is 9.64. The summed E-state index contributed by atoms with van der Waals surface area (Å²) < 4.78 is 0. The standard InChI is InChI=1S/C15H22N4O/c1-3-15(4-2,10-20)9-17-13-11-7-5-6-8-12(11)18-14(16)19-13/h5-8,20H,3-4,9-10H2,1-2H3,(H3,16,17,18,19). The maximum Gasteiger partial charge on any atom is 0.222 e. The first-order valence-electron chi connectivity index (χ1n) is 7.01.